The Morgan fingerprint density at radius 1 is 1.20 bits per heavy atom. The lowest BCUT2D eigenvalue weighted by Crippen LogP contribution is -2.12. The molecule has 2 rings (SSSR count). The number of nitrogens with zero attached hydrogens (tertiary/aromatic N) is 2. The zero-order valence-electron chi connectivity index (χ0n) is 12.3. The van der Waals surface area contributed by atoms with Crippen LogP contribution in [0.25, 0.3) is 0 Å². The molecule has 0 amide bonds. The molecule has 0 saturated carbocycles. The van der Waals surface area contributed by atoms with Crippen LogP contribution < -0.4 is 10.2 Å². The van der Waals surface area contributed by atoms with Crippen molar-refractivity contribution in [3.63, 3.8) is 0 Å². The van der Waals surface area contributed by atoms with Crippen molar-refractivity contribution in [2.75, 3.05) is 24.3 Å². The quantitative estimate of drug-likeness (QED) is 0.919. The van der Waals surface area contributed by atoms with Crippen LogP contribution in [-0.4, -0.2) is 19.1 Å². The number of hydrogen-bond donors (Lipinski definition) is 1. The average Bonchev–Trinajstić information content (AvgIpc) is 2.40. The van der Waals surface area contributed by atoms with Crippen LogP contribution in [0.5, 0.6) is 0 Å². The van der Waals surface area contributed by atoms with Crippen molar-refractivity contribution < 1.29 is 4.39 Å². The van der Waals surface area contributed by atoms with Gasteiger partial charge in [0.05, 0.1) is 12.2 Å². The lowest BCUT2D eigenvalue weighted by molar-refractivity contribution is 0.616. The number of anilines is 2. The second-order valence-electron chi connectivity index (χ2n) is 5.20. The third kappa shape index (κ3) is 3.26. The number of aromatic nitrogens is 1. The van der Waals surface area contributed by atoms with Gasteiger partial charge in [-0.05, 0) is 43.2 Å². The summed E-state index contributed by atoms with van der Waals surface area (Å²) in [7, 11) is 4.04. The molecule has 3 nitrogen and oxygen atoms in total. The van der Waals surface area contributed by atoms with E-state index in [4.69, 9.17) is 0 Å². The van der Waals surface area contributed by atoms with Crippen molar-refractivity contribution in [3.8, 4) is 0 Å². The highest BCUT2D eigenvalue weighted by molar-refractivity contribution is 5.62. The van der Waals surface area contributed by atoms with Crippen LogP contribution in [0.3, 0.4) is 0 Å². The molecule has 4 heteroatoms. The smallest absolute Gasteiger partial charge is 0.141 e. The molecule has 0 fully saturated rings. The summed E-state index contributed by atoms with van der Waals surface area (Å²) in [5.41, 5.74) is 4.23. The first-order chi connectivity index (χ1) is 9.47. The molecule has 0 spiro atoms. The van der Waals surface area contributed by atoms with Gasteiger partial charge < -0.3 is 10.2 Å². The Balaban J connectivity index is 2.19. The maximum absolute atomic E-state index is 13.2. The van der Waals surface area contributed by atoms with Gasteiger partial charge in [-0.2, -0.15) is 0 Å². The maximum atomic E-state index is 13.2. The standard InChI is InChI=1S/C16H20FN3/c1-11-5-6-15(8-16(11)20(3)4)19-12(2)13-7-14(17)10-18-9-13/h5-10,12,19H,1-4H3. The SMILES string of the molecule is Cc1ccc(NC(C)c2cncc(F)c2)cc1N(C)C. The van der Waals surface area contributed by atoms with E-state index in [-0.39, 0.29) is 11.9 Å². The van der Waals surface area contributed by atoms with Crippen LogP contribution in [0, 0.1) is 12.7 Å². The number of nitrogens with one attached hydrogen (secondary N) is 1. The molecule has 1 heterocycles. The molecule has 1 aromatic heterocycles. The Labute approximate surface area is 119 Å². The van der Waals surface area contributed by atoms with E-state index in [0.717, 1.165) is 11.3 Å². The van der Waals surface area contributed by atoms with E-state index in [0.29, 0.717) is 0 Å². The van der Waals surface area contributed by atoms with Crippen molar-refractivity contribution in [3.05, 3.63) is 53.6 Å². The fourth-order valence-corrected chi connectivity index (χ4v) is 2.18. The minimum atomic E-state index is -0.311. The molecule has 0 aliphatic heterocycles. The minimum Gasteiger partial charge on any atom is -0.378 e. The number of benzene rings is 1. The fourth-order valence-electron chi connectivity index (χ4n) is 2.18. The molecule has 0 aliphatic carbocycles. The van der Waals surface area contributed by atoms with Crippen LogP contribution in [0.4, 0.5) is 15.8 Å². The second-order valence-corrected chi connectivity index (χ2v) is 5.20. The van der Waals surface area contributed by atoms with Crippen LogP contribution >= 0.6 is 0 Å². The largest absolute Gasteiger partial charge is 0.378 e. The van der Waals surface area contributed by atoms with Gasteiger partial charge in [0.15, 0.2) is 0 Å². The van der Waals surface area contributed by atoms with Crippen molar-refractivity contribution >= 4 is 11.4 Å². The van der Waals surface area contributed by atoms with E-state index >= 15 is 0 Å². The predicted octanol–water partition coefficient (Wildman–Crippen LogP) is 3.77. The lowest BCUT2D eigenvalue weighted by atomic mass is 10.1. The summed E-state index contributed by atoms with van der Waals surface area (Å²) in [5, 5.41) is 3.37. The summed E-state index contributed by atoms with van der Waals surface area (Å²) in [6.45, 7) is 4.07. The minimum absolute atomic E-state index is 0.00378. The van der Waals surface area contributed by atoms with Crippen molar-refractivity contribution in [2.24, 2.45) is 0 Å². The second kappa shape index (κ2) is 5.90. The van der Waals surface area contributed by atoms with Crippen molar-refractivity contribution in [2.45, 2.75) is 19.9 Å². The summed E-state index contributed by atoms with van der Waals surface area (Å²) in [4.78, 5) is 5.96. The van der Waals surface area contributed by atoms with Gasteiger partial charge in [-0.25, -0.2) is 4.39 Å². The highest BCUT2D eigenvalue weighted by atomic mass is 19.1. The zero-order chi connectivity index (χ0) is 14.7. The maximum Gasteiger partial charge on any atom is 0.141 e. The summed E-state index contributed by atoms with van der Waals surface area (Å²) >= 11 is 0. The first-order valence-corrected chi connectivity index (χ1v) is 6.62. The molecule has 0 saturated heterocycles. The number of rotatable bonds is 4. The van der Waals surface area contributed by atoms with Gasteiger partial charge in [0.2, 0.25) is 0 Å². The van der Waals surface area contributed by atoms with Crippen LogP contribution in [-0.2, 0) is 0 Å². The average molecular weight is 273 g/mol. The molecule has 106 valence electrons. The normalized spacial score (nSPS) is 12.1. The van der Waals surface area contributed by atoms with Gasteiger partial charge >= 0.3 is 0 Å². The van der Waals surface area contributed by atoms with E-state index in [9.17, 15) is 4.39 Å². The number of aryl methyl sites for hydroxylation is 1. The number of hydrogen-bond acceptors (Lipinski definition) is 3. The Hall–Kier alpha value is -2.10. The third-order valence-corrected chi connectivity index (χ3v) is 3.30. The van der Waals surface area contributed by atoms with Gasteiger partial charge in [0, 0.05) is 31.7 Å². The van der Waals surface area contributed by atoms with Gasteiger partial charge in [-0.15, -0.1) is 0 Å². The number of pyridine rings is 1. The highest BCUT2D eigenvalue weighted by Gasteiger charge is 2.08. The van der Waals surface area contributed by atoms with E-state index < -0.39 is 0 Å². The molecule has 1 atom stereocenters. The first kappa shape index (κ1) is 14.3. The Bertz CT molecular complexity index is 596. The van der Waals surface area contributed by atoms with Crippen LogP contribution in [0.1, 0.15) is 24.1 Å². The highest BCUT2D eigenvalue weighted by Crippen LogP contribution is 2.25. The Morgan fingerprint density at radius 2 is 1.95 bits per heavy atom. The summed E-state index contributed by atoms with van der Waals surface area (Å²) < 4.78 is 13.2. The molecule has 0 radical (unpaired) electrons. The van der Waals surface area contributed by atoms with E-state index in [1.54, 1.807) is 6.20 Å². The predicted molar refractivity (Wildman–Crippen MR) is 81.7 cm³/mol. The molecule has 1 N–H and O–H groups in total. The molecule has 2 aromatic rings. The van der Waals surface area contributed by atoms with E-state index in [1.165, 1.54) is 23.5 Å². The first-order valence-electron chi connectivity index (χ1n) is 6.62. The zero-order valence-corrected chi connectivity index (χ0v) is 12.3. The van der Waals surface area contributed by atoms with Crippen LogP contribution in [0.2, 0.25) is 0 Å². The molecule has 0 bridgehead atoms. The van der Waals surface area contributed by atoms with Crippen molar-refractivity contribution in [1.82, 2.24) is 4.98 Å². The molecule has 0 aliphatic rings. The molecule has 1 aromatic carbocycles. The summed E-state index contributed by atoms with van der Waals surface area (Å²) in [6, 6.07) is 7.71. The van der Waals surface area contributed by atoms with Gasteiger partial charge in [-0.3, -0.25) is 4.98 Å². The lowest BCUT2D eigenvalue weighted by Gasteiger charge is -2.20. The topological polar surface area (TPSA) is 28.2 Å². The van der Waals surface area contributed by atoms with Gasteiger partial charge in [0.1, 0.15) is 5.82 Å². The molecule has 1 unspecified atom stereocenters. The molecule has 20 heavy (non-hydrogen) atoms. The fraction of sp³-hybridized carbons (Fsp3) is 0.312. The Kier molecular flexibility index (Phi) is 4.23. The molecular formula is C16H20FN3. The molecular weight excluding hydrogens is 253 g/mol. The summed E-state index contributed by atoms with van der Waals surface area (Å²) in [6.07, 6.45) is 2.90. The monoisotopic (exact) mass is 273 g/mol. The third-order valence-electron chi connectivity index (χ3n) is 3.30. The number of halogens is 1. The summed E-state index contributed by atoms with van der Waals surface area (Å²) in [5.74, 6) is -0.311. The van der Waals surface area contributed by atoms with Gasteiger partial charge in [-0.1, -0.05) is 6.07 Å². The van der Waals surface area contributed by atoms with E-state index in [1.807, 2.05) is 27.1 Å². The van der Waals surface area contributed by atoms with Gasteiger partial charge in [0.25, 0.3) is 0 Å². The Morgan fingerprint density at radius 3 is 2.60 bits per heavy atom. The van der Waals surface area contributed by atoms with Crippen LogP contribution in [0.15, 0.2) is 36.7 Å². The van der Waals surface area contributed by atoms with Crippen molar-refractivity contribution in [1.29, 1.82) is 0 Å². The van der Waals surface area contributed by atoms with E-state index in [2.05, 4.69) is 34.3 Å².